The van der Waals surface area contributed by atoms with Crippen LogP contribution in [0.15, 0.2) is 12.1 Å². The van der Waals surface area contributed by atoms with Crippen molar-refractivity contribution in [3.8, 4) is 0 Å². The second kappa shape index (κ2) is 5.16. The molecule has 0 aliphatic rings. The van der Waals surface area contributed by atoms with Gasteiger partial charge in [-0.3, -0.25) is 4.79 Å². The first-order valence-electron chi connectivity index (χ1n) is 5.52. The molecule has 0 unspecified atom stereocenters. The van der Waals surface area contributed by atoms with Crippen LogP contribution in [-0.2, 0) is 11.3 Å². The lowest BCUT2D eigenvalue weighted by molar-refractivity contribution is -0.137. The molecule has 96 valence electrons. The number of aryl methyl sites for hydroxylation is 2. The highest BCUT2D eigenvalue weighted by molar-refractivity contribution is 6.42. The number of fused-ring (bicyclic) bond motifs is 1. The third-order valence-corrected chi connectivity index (χ3v) is 3.48. The van der Waals surface area contributed by atoms with Gasteiger partial charge in [0.15, 0.2) is 0 Å². The van der Waals surface area contributed by atoms with Crippen molar-refractivity contribution in [3.05, 3.63) is 28.0 Å². The third kappa shape index (κ3) is 2.60. The van der Waals surface area contributed by atoms with Crippen molar-refractivity contribution < 1.29 is 9.90 Å². The molecule has 0 saturated heterocycles. The number of nitrogens with zero attached hydrogens (tertiary/aromatic N) is 2. The van der Waals surface area contributed by atoms with Gasteiger partial charge in [0.25, 0.3) is 0 Å². The quantitative estimate of drug-likeness (QED) is 0.936. The van der Waals surface area contributed by atoms with Crippen molar-refractivity contribution >= 4 is 40.2 Å². The molecule has 1 aromatic heterocycles. The summed E-state index contributed by atoms with van der Waals surface area (Å²) in [4.78, 5) is 14.9. The van der Waals surface area contributed by atoms with Crippen LogP contribution in [0.5, 0.6) is 0 Å². The summed E-state index contributed by atoms with van der Waals surface area (Å²) in [7, 11) is 0. The average molecular weight is 287 g/mol. The molecule has 0 amide bonds. The van der Waals surface area contributed by atoms with Gasteiger partial charge < -0.3 is 9.67 Å². The van der Waals surface area contributed by atoms with Gasteiger partial charge in [-0.2, -0.15) is 0 Å². The summed E-state index contributed by atoms with van der Waals surface area (Å²) in [6.07, 6.45) is 0.697. The number of hydrogen-bond donors (Lipinski definition) is 1. The summed E-state index contributed by atoms with van der Waals surface area (Å²) in [5, 5.41) is 9.59. The van der Waals surface area contributed by atoms with E-state index in [1.807, 2.05) is 11.5 Å². The molecular weight excluding hydrogens is 275 g/mol. The molecule has 2 rings (SSSR count). The minimum atomic E-state index is -0.793. The maximum Gasteiger partial charge on any atom is 0.303 e. The van der Waals surface area contributed by atoms with Gasteiger partial charge in [-0.25, -0.2) is 4.98 Å². The highest BCUT2D eigenvalue weighted by atomic mass is 35.5. The molecular formula is C12H12Cl2N2O2. The van der Waals surface area contributed by atoms with E-state index in [0.717, 1.165) is 16.9 Å². The van der Waals surface area contributed by atoms with E-state index in [9.17, 15) is 4.79 Å². The molecule has 0 saturated carbocycles. The predicted octanol–water partition coefficient (Wildman–Crippen LogP) is 3.52. The van der Waals surface area contributed by atoms with Gasteiger partial charge in [0.1, 0.15) is 5.82 Å². The number of carbonyl (C=O) groups is 1. The molecule has 0 fully saturated rings. The number of aromatic nitrogens is 2. The highest BCUT2D eigenvalue weighted by Gasteiger charge is 2.10. The van der Waals surface area contributed by atoms with E-state index in [2.05, 4.69) is 4.98 Å². The summed E-state index contributed by atoms with van der Waals surface area (Å²) in [5.74, 6) is 0.0341. The summed E-state index contributed by atoms with van der Waals surface area (Å²) < 4.78 is 1.96. The summed E-state index contributed by atoms with van der Waals surface area (Å²) in [6, 6.07) is 3.49. The van der Waals surface area contributed by atoms with Gasteiger partial charge in [-0.05, 0) is 25.5 Å². The largest absolute Gasteiger partial charge is 0.481 e. The third-order valence-electron chi connectivity index (χ3n) is 2.75. The molecule has 18 heavy (non-hydrogen) atoms. The second-order valence-corrected chi connectivity index (χ2v) is 4.88. The predicted molar refractivity (Wildman–Crippen MR) is 71.4 cm³/mol. The van der Waals surface area contributed by atoms with Crippen LogP contribution in [0.3, 0.4) is 0 Å². The molecule has 0 radical (unpaired) electrons. The Bertz CT molecular complexity index is 608. The first-order chi connectivity index (χ1) is 8.49. The van der Waals surface area contributed by atoms with Gasteiger partial charge >= 0.3 is 5.97 Å². The van der Waals surface area contributed by atoms with Crippen LogP contribution in [0.2, 0.25) is 10.0 Å². The van der Waals surface area contributed by atoms with E-state index in [4.69, 9.17) is 28.3 Å². The average Bonchev–Trinajstić information content (AvgIpc) is 2.56. The zero-order chi connectivity index (χ0) is 13.3. The fourth-order valence-electron chi connectivity index (χ4n) is 1.91. The molecule has 1 aromatic carbocycles. The Labute approximate surface area is 114 Å². The zero-order valence-electron chi connectivity index (χ0n) is 9.78. The molecule has 1 N–H and O–H groups in total. The monoisotopic (exact) mass is 286 g/mol. The number of aliphatic carboxylic acids is 1. The number of carboxylic acids is 1. The van der Waals surface area contributed by atoms with Crippen LogP contribution in [0, 0.1) is 6.92 Å². The Balaban J connectivity index is 2.34. The lowest BCUT2D eigenvalue weighted by Gasteiger charge is -2.06. The van der Waals surface area contributed by atoms with Gasteiger partial charge in [0, 0.05) is 13.0 Å². The Hall–Kier alpha value is -1.26. The Morgan fingerprint density at radius 2 is 2.06 bits per heavy atom. The summed E-state index contributed by atoms with van der Waals surface area (Å²) in [5.41, 5.74) is 1.66. The first kappa shape index (κ1) is 13.2. The maximum absolute atomic E-state index is 10.5. The first-order valence-corrected chi connectivity index (χ1v) is 6.28. The van der Waals surface area contributed by atoms with Gasteiger partial charge in [-0.15, -0.1) is 0 Å². The molecule has 0 aliphatic heterocycles. The van der Waals surface area contributed by atoms with Crippen LogP contribution < -0.4 is 0 Å². The van der Waals surface area contributed by atoms with Crippen molar-refractivity contribution in [2.75, 3.05) is 0 Å². The van der Waals surface area contributed by atoms with Crippen molar-refractivity contribution in [2.45, 2.75) is 26.3 Å². The smallest absolute Gasteiger partial charge is 0.303 e. The Kier molecular flexibility index (Phi) is 3.78. The fourth-order valence-corrected chi connectivity index (χ4v) is 2.23. The van der Waals surface area contributed by atoms with E-state index in [1.54, 1.807) is 12.1 Å². The van der Waals surface area contributed by atoms with Crippen LogP contribution in [-0.4, -0.2) is 20.6 Å². The minimum absolute atomic E-state index is 0.139. The fraction of sp³-hybridized carbons (Fsp3) is 0.333. The van der Waals surface area contributed by atoms with Crippen molar-refractivity contribution in [3.63, 3.8) is 0 Å². The van der Waals surface area contributed by atoms with Crippen LogP contribution in [0.25, 0.3) is 11.0 Å². The minimum Gasteiger partial charge on any atom is -0.481 e. The maximum atomic E-state index is 10.5. The summed E-state index contributed by atoms with van der Waals surface area (Å²) >= 11 is 11.9. The molecule has 2 aromatic rings. The molecule has 0 aliphatic carbocycles. The molecule has 0 bridgehead atoms. The number of imidazole rings is 1. The van der Waals surface area contributed by atoms with E-state index in [-0.39, 0.29) is 6.42 Å². The molecule has 6 heteroatoms. The highest BCUT2D eigenvalue weighted by Crippen LogP contribution is 2.28. The van der Waals surface area contributed by atoms with Crippen LogP contribution in [0.1, 0.15) is 18.7 Å². The summed E-state index contributed by atoms with van der Waals surface area (Å²) in [6.45, 7) is 2.48. The van der Waals surface area contributed by atoms with E-state index >= 15 is 0 Å². The number of hydrogen-bond acceptors (Lipinski definition) is 2. The van der Waals surface area contributed by atoms with Gasteiger partial charge in [0.2, 0.25) is 0 Å². The molecule has 0 spiro atoms. The normalized spacial score (nSPS) is 11.1. The SMILES string of the molecule is Cc1nc2cc(Cl)c(Cl)cc2n1CCCC(=O)O. The van der Waals surface area contributed by atoms with Crippen molar-refractivity contribution in [1.29, 1.82) is 0 Å². The van der Waals surface area contributed by atoms with Crippen LogP contribution in [0.4, 0.5) is 0 Å². The van der Waals surface area contributed by atoms with E-state index in [1.165, 1.54) is 0 Å². The van der Waals surface area contributed by atoms with Gasteiger partial charge in [-0.1, -0.05) is 23.2 Å². The van der Waals surface area contributed by atoms with Crippen LogP contribution >= 0.6 is 23.2 Å². The Morgan fingerprint density at radius 1 is 1.39 bits per heavy atom. The topological polar surface area (TPSA) is 55.1 Å². The lowest BCUT2D eigenvalue weighted by atomic mass is 10.3. The lowest BCUT2D eigenvalue weighted by Crippen LogP contribution is -2.03. The Morgan fingerprint density at radius 3 is 2.72 bits per heavy atom. The molecule has 4 nitrogen and oxygen atoms in total. The van der Waals surface area contributed by atoms with E-state index < -0.39 is 5.97 Å². The van der Waals surface area contributed by atoms with E-state index in [0.29, 0.717) is 23.0 Å². The number of rotatable bonds is 4. The number of carboxylic acid groups (broad SMARTS) is 1. The van der Waals surface area contributed by atoms with Gasteiger partial charge in [0.05, 0.1) is 21.1 Å². The number of benzene rings is 1. The standard InChI is InChI=1S/C12H12Cl2N2O2/c1-7-15-10-5-8(13)9(14)6-11(10)16(7)4-2-3-12(17)18/h5-6H,2-4H2,1H3,(H,17,18). The molecule has 0 atom stereocenters. The second-order valence-electron chi connectivity index (χ2n) is 4.06. The van der Waals surface area contributed by atoms with Crippen molar-refractivity contribution in [1.82, 2.24) is 9.55 Å². The van der Waals surface area contributed by atoms with Crippen molar-refractivity contribution in [2.24, 2.45) is 0 Å². The zero-order valence-corrected chi connectivity index (χ0v) is 11.3. The molecule has 1 heterocycles. The number of halogens is 2.